The van der Waals surface area contributed by atoms with E-state index in [9.17, 15) is 18.0 Å². The monoisotopic (exact) mass is 457 g/mol. The van der Waals surface area contributed by atoms with E-state index in [1.807, 2.05) is 17.5 Å². The van der Waals surface area contributed by atoms with Crippen LogP contribution in [0.3, 0.4) is 0 Å². The van der Waals surface area contributed by atoms with Crippen molar-refractivity contribution in [3.8, 4) is 5.75 Å². The minimum Gasteiger partial charge on any atom is -0.479 e. The van der Waals surface area contributed by atoms with Crippen molar-refractivity contribution >= 4 is 44.5 Å². The topological polar surface area (TPSA) is 114 Å². The SMILES string of the molecule is C[C@H]1Oc2ccc(NC(=O)c3cccc(S(=O)(=O)NCc4cccs4)c3)cc2NC1=O. The lowest BCUT2D eigenvalue weighted by molar-refractivity contribution is -0.122. The first-order valence-electron chi connectivity index (χ1n) is 9.37. The second kappa shape index (κ2) is 8.50. The lowest BCUT2D eigenvalue weighted by atomic mass is 10.2. The van der Waals surface area contributed by atoms with Crippen LogP contribution in [-0.2, 0) is 21.4 Å². The number of hydrogen-bond donors (Lipinski definition) is 3. The zero-order chi connectivity index (χ0) is 22.0. The molecule has 10 heteroatoms. The molecule has 0 unspecified atom stereocenters. The van der Waals surface area contributed by atoms with Crippen LogP contribution < -0.4 is 20.1 Å². The van der Waals surface area contributed by atoms with Gasteiger partial charge in [0.05, 0.1) is 10.6 Å². The van der Waals surface area contributed by atoms with Gasteiger partial charge in [0.1, 0.15) is 5.75 Å². The number of carbonyl (C=O) groups excluding carboxylic acids is 2. The number of thiophene rings is 1. The Morgan fingerprint density at radius 3 is 2.77 bits per heavy atom. The standard InChI is InChI=1S/C21H19N3O5S2/c1-13-20(25)24-18-11-15(7-8-19(18)29-13)23-21(26)14-4-2-6-17(10-14)31(27,28)22-12-16-5-3-9-30-16/h2-11,13,22H,12H2,1H3,(H,23,26)(H,24,25)/t13-/m1/s1. The molecule has 31 heavy (non-hydrogen) atoms. The predicted octanol–water partition coefficient (Wildman–Crippen LogP) is 3.20. The summed E-state index contributed by atoms with van der Waals surface area (Å²) in [5, 5.41) is 7.29. The Hall–Kier alpha value is -3.21. The summed E-state index contributed by atoms with van der Waals surface area (Å²) >= 11 is 1.45. The smallest absolute Gasteiger partial charge is 0.265 e. The zero-order valence-electron chi connectivity index (χ0n) is 16.4. The van der Waals surface area contributed by atoms with Crippen molar-refractivity contribution in [3.63, 3.8) is 0 Å². The maximum absolute atomic E-state index is 12.7. The molecule has 1 aliphatic rings. The Kier molecular flexibility index (Phi) is 5.77. The van der Waals surface area contributed by atoms with Gasteiger partial charge in [0.15, 0.2) is 6.10 Å². The number of anilines is 2. The molecule has 3 aromatic rings. The van der Waals surface area contributed by atoms with E-state index in [0.29, 0.717) is 17.1 Å². The van der Waals surface area contributed by atoms with Gasteiger partial charge in [-0.25, -0.2) is 13.1 Å². The van der Waals surface area contributed by atoms with Gasteiger partial charge in [-0.15, -0.1) is 11.3 Å². The second-order valence-corrected chi connectivity index (χ2v) is 9.65. The van der Waals surface area contributed by atoms with Gasteiger partial charge < -0.3 is 15.4 Å². The first-order chi connectivity index (χ1) is 14.8. The Labute approximate surface area is 183 Å². The number of ether oxygens (including phenoxy) is 1. The summed E-state index contributed by atoms with van der Waals surface area (Å²) in [4.78, 5) is 25.3. The van der Waals surface area contributed by atoms with Crippen molar-refractivity contribution in [1.29, 1.82) is 0 Å². The quantitative estimate of drug-likeness (QED) is 0.526. The molecule has 3 N–H and O–H groups in total. The van der Waals surface area contributed by atoms with Crippen molar-refractivity contribution in [2.45, 2.75) is 24.5 Å². The Morgan fingerprint density at radius 1 is 1.16 bits per heavy atom. The molecule has 0 radical (unpaired) electrons. The fourth-order valence-corrected chi connectivity index (χ4v) is 4.74. The average molecular weight is 458 g/mol. The van der Waals surface area contributed by atoms with Gasteiger partial charge in [0, 0.05) is 22.7 Å². The summed E-state index contributed by atoms with van der Waals surface area (Å²) in [5.41, 5.74) is 1.08. The van der Waals surface area contributed by atoms with E-state index in [4.69, 9.17) is 4.74 Å². The Morgan fingerprint density at radius 2 is 2.00 bits per heavy atom. The minimum atomic E-state index is -3.78. The fraction of sp³-hybridized carbons (Fsp3) is 0.143. The van der Waals surface area contributed by atoms with Crippen molar-refractivity contribution in [2.24, 2.45) is 0 Å². The van der Waals surface area contributed by atoms with Crippen molar-refractivity contribution < 1.29 is 22.7 Å². The van der Waals surface area contributed by atoms with Gasteiger partial charge in [-0.3, -0.25) is 9.59 Å². The molecule has 160 valence electrons. The van der Waals surface area contributed by atoms with E-state index >= 15 is 0 Å². The van der Waals surface area contributed by atoms with Crippen molar-refractivity contribution in [2.75, 3.05) is 10.6 Å². The second-order valence-electron chi connectivity index (χ2n) is 6.85. The maximum Gasteiger partial charge on any atom is 0.265 e. The molecule has 0 saturated carbocycles. The third-order valence-corrected chi connectivity index (χ3v) is 6.87. The maximum atomic E-state index is 12.7. The molecule has 0 saturated heterocycles. The molecule has 2 amide bonds. The molecular formula is C21H19N3O5S2. The highest BCUT2D eigenvalue weighted by Crippen LogP contribution is 2.32. The van der Waals surface area contributed by atoms with E-state index in [0.717, 1.165) is 4.88 Å². The molecule has 0 fully saturated rings. The highest BCUT2D eigenvalue weighted by Gasteiger charge is 2.24. The molecule has 0 spiro atoms. The van der Waals surface area contributed by atoms with Gasteiger partial charge in [-0.1, -0.05) is 12.1 Å². The zero-order valence-corrected chi connectivity index (χ0v) is 18.0. The van der Waals surface area contributed by atoms with E-state index in [2.05, 4.69) is 15.4 Å². The van der Waals surface area contributed by atoms with Gasteiger partial charge in [-0.2, -0.15) is 0 Å². The van der Waals surface area contributed by atoms with Crippen LogP contribution in [0.15, 0.2) is 64.9 Å². The van der Waals surface area contributed by atoms with Crippen LogP contribution in [0.25, 0.3) is 0 Å². The molecule has 2 heterocycles. The van der Waals surface area contributed by atoms with Crippen LogP contribution in [0, 0.1) is 0 Å². The summed E-state index contributed by atoms with van der Waals surface area (Å²) in [5.74, 6) is -0.245. The van der Waals surface area contributed by atoms with Gasteiger partial charge in [0.2, 0.25) is 10.0 Å². The van der Waals surface area contributed by atoms with Crippen LogP contribution in [0.1, 0.15) is 22.2 Å². The molecular weight excluding hydrogens is 438 g/mol. The molecule has 2 aromatic carbocycles. The van der Waals surface area contributed by atoms with Gasteiger partial charge >= 0.3 is 0 Å². The van der Waals surface area contributed by atoms with Crippen LogP contribution in [-0.4, -0.2) is 26.3 Å². The summed E-state index contributed by atoms with van der Waals surface area (Å²) in [6.45, 7) is 1.82. The van der Waals surface area contributed by atoms with E-state index in [1.54, 1.807) is 25.1 Å². The average Bonchev–Trinajstić information content (AvgIpc) is 3.27. The van der Waals surface area contributed by atoms with Crippen molar-refractivity contribution in [1.82, 2.24) is 4.72 Å². The third kappa shape index (κ3) is 4.76. The van der Waals surface area contributed by atoms with Crippen LogP contribution in [0.2, 0.25) is 0 Å². The largest absolute Gasteiger partial charge is 0.479 e. The van der Waals surface area contributed by atoms with Gasteiger partial charge in [0.25, 0.3) is 11.8 Å². The lowest BCUT2D eigenvalue weighted by Crippen LogP contribution is -2.34. The number of carbonyl (C=O) groups is 2. The number of hydrogen-bond acceptors (Lipinski definition) is 6. The normalized spacial score (nSPS) is 15.5. The molecule has 1 aliphatic heterocycles. The number of fused-ring (bicyclic) bond motifs is 1. The Balaban J connectivity index is 1.48. The molecule has 1 aromatic heterocycles. The van der Waals surface area contributed by atoms with Crippen LogP contribution in [0.4, 0.5) is 11.4 Å². The molecule has 1 atom stereocenters. The fourth-order valence-electron chi connectivity index (χ4n) is 2.96. The highest BCUT2D eigenvalue weighted by atomic mass is 32.2. The lowest BCUT2D eigenvalue weighted by Gasteiger charge is -2.23. The third-order valence-electron chi connectivity index (χ3n) is 4.59. The minimum absolute atomic E-state index is 0.00296. The highest BCUT2D eigenvalue weighted by molar-refractivity contribution is 7.89. The van der Waals surface area contributed by atoms with Gasteiger partial charge in [-0.05, 0) is 54.8 Å². The molecule has 0 aliphatic carbocycles. The molecule has 0 bridgehead atoms. The van der Waals surface area contributed by atoms with Crippen LogP contribution >= 0.6 is 11.3 Å². The number of nitrogens with one attached hydrogen (secondary N) is 3. The number of benzene rings is 2. The molecule has 4 rings (SSSR count). The van der Waals surface area contributed by atoms with Crippen molar-refractivity contribution in [3.05, 3.63) is 70.4 Å². The summed E-state index contributed by atoms with van der Waals surface area (Å²) in [6.07, 6.45) is -0.592. The van der Waals surface area contributed by atoms with E-state index < -0.39 is 22.0 Å². The Bertz CT molecular complexity index is 1240. The summed E-state index contributed by atoms with van der Waals surface area (Å²) in [7, 11) is -3.78. The number of sulfonamides is 1. The molecule has 8 nitrogen and oxygen atoms in total. The summed E-state index contributed by atoms with van der Waals surface area (Å²) in [6, 6.07) is 14.3. The van der Waals surface area contributed by atoms with E-state index in [1.165, 1.54) is 35.6 Å². The summed E-state index contributed by atoms with van der Waals surface area (Å²) < 4.78 is 33.2. The van der Waals surface area contributed by atoms with Crippen LogP contribution in [0.5, 0.6) is 5.75 Å². The number of amides is 2. The number of rotatable bonds is 6. The van der Waals surface area contributed by atoms with E-state index in [-0.39, 0.29) is 22.9 Å². The first kappa shape index (κ1) is 21.0. The first-order valence-corrected chi connectivity index (χ1v) is 11.7. The predicted molar refractivity (Wildman–Crippen MR) is 118 cm³/mol.